The van der Waals surface area contributed by atoms with E-state index in [1.807, 2.05) is 30.3 Å². The first-order valence-electron chi connectivity index (χ1n) is 7.24. The number of carbonyl (C=O) groups is 1. The Bertz CT molecular complexity index is 793. The maximum absolute atomic E-state index is 9.98. The van der Waals surface area contributed by atoms with E-state index in [9.17, 15) is 4.79 Å². The minimum absolute atomic E-state index is 0.130. The molecule has 23 heavy (non-hydrogen) atoms. The Kier molecular flexibility index (Phi) is 4.47. The Morgan fingerprint density at radius 1 is 1.30 bits per heavy atom. The maximum atomic E-state index is 9.98. The van der Waals surface area contributed by atoms with E-state index in [0.29, 0.717) is 11.7 Å². The molecule has 3 aromatic rings. The second kappa shape index (κ2) is 6.70. The van der Waals surface area contributed by atoms with Crippen molar-refractivity contribution >= 4 is 17.2 Å². The van der Waals surface area contributed by atoms with Crippen LogP contribution >= 0.6 is 11.3 Å². The van der Waals surface area contributed by atoms with Crippen LogP contribution in [0.15, 0.2) is 40.4 Å². The molecule has 0 aliphatic heterocycles. The summed E-state index contributed by atoms with van der Waals surface area (Å²) in [6, 6.07) is 9.99. The van der Waals surface area contributed by atoms with Gasteiger partial charge in [0.25, 0.3) is 0 Å². The minimum atomic E-state index is -0.130. The number of amides is 1. The van der Waals surface area contributed by atoms with Gasteiger partial charge < -0.3 is 10.3 Å². The van der Waals surface area contributed by atoms with Gasteiger partial charge in [-0.2, -0.15) is 4.98 Å². The monoisotopic (exact) mass is 328 g/mol. The van der Waals surface area contributed by atoms with Gasteiger partial charge in [0.1, 0.15) is 4.88 Å². The lowest BCUT2D eigenvalue weighted by molar-refractivity contribution is -0.119. The van der Waals surface area contributed by atoms with Crippen LogP contribution in [-0.2, 0) is 4.79 Å². The van der Waals surface area contributed by atoms with Crippen molar-refractivity contribution in [1.82, 2.24) is 15.1 Å². The first kappa shape index (κ1) is 15.4. The van der Waals surface area contributed by atoms with Gasteiger partial charge in [0.05, 0.1) is 11.2 Å². The second-order valence-electron chi connectivity index (χ2n) is 5.21. The molecule has 0 atom stereocenters. The Labute approximate surface area is 137 Å². The van der Waals surface area contributed by atoms with Gasteiger partial charge in [0.15, 0.2) is 0 Å². The summed E-state index contributed by atoms with van der Waals surface area (Å²) in [5, 5.41) is 3.93. The van der Waals surface area contributed by atoms with E-state index in [4.69, 9.17) is 10.3 Å². The van der Waals surface area contributed by atoms with E-state index in [1.54, 1.807) is 12.4 Å². The van der Waals surface area contributed by atoms with Crippen molar-refractivity contribution in [3.8, 4) is 22.0 Å². The molecule has 1 aliphatic rings. The molecule has 0 radical (unpaired) electrons. The highest BCUT2D eigenvalue weighted by Crippen LogP contribution is 2.32. The van der Waals surface area contributed by atoms with Crippen LogP contribution in [0.25, 0.3) is 22.0 Å². The highest BCUT2D eigenvalue weighted by atomic mass is 32.1. The molecule has 1 fully saturated rings. The molecule has 6 nitrogen and oxygen atoms in total. The predicted octanol–water partition coefficient (Wildman–Crippen LogP) is 3.05. The fraction of sp³-hybridized carbons (Fsp3) is 0.250. The normalized spacial score (nSPS) is 13.3. The minimum Gasteiger partial charge on any atom is -0.369 e. The number of nitrogens with two attached hydrogens (primary N) is 1. The molecule has 4 rings (SSSR count). The topological polar surface area (TPSA) is 94.9 Å². The van der Waals surface area contributed by atoms with Crippen LogP contribution in [0, 0.1) is 12.8 Å². The highest BCUT2D eigenvalue weighted by Gasteiger charge is 2.26. The standard InChI is InChI=1S/C12H9N3OS.C4H7NO/c1-8-14-12(15-16-8)11-10(13-7-17-11)9-5-3-2-4-6-9;5-4(6)3-1-2-3/h2-7H,1H3;3H,1-2H2,(H2,5,6). The Morgan fingerprint density at radius 2 is 2.04 bits per heavy atom. The zero-order chi connectivity index (χ0) is 16.2. The zero-order valence-corrected chi connectivity index (χ0v) is 13.4. The van der Waals surface area contributed by atoms with Gasteiger partial charge in [0.2, 0.25) is 17.6 Å². The smallest absolute Gasteiger partial charge is 0.223 e. The Balaban J connectivity index is 0.000000220. The number of aryl methyl sites for hydroxylation is 1. The zero-order valence-electron chi connectivity index (χ0n) is 12.6. The van der Waals surface area contributed by atoms with Crippen LogP contribution in [0.4, 0.5) is 0 Å². The number of aromatic nitrogens is 3. The maximum Gasteiger partial charge on any atom is 0.223 e. The number of nitrogens with zero attached hydrogens (tertiary/aromatic N) is 3. The Hall–Kier alpha value is -2.54. The first-order valence-corrected chi connectivity index (χ1v) is 8.12. The van der Waals surface area contributed by atoms with Crippen molar-refractivity contribution in [1.29, 1.82) is 0 Å². The van der Waals surface area contributed by atoms with Crippen molar-refractivity contribution in [3.63, 3.8) is 0 Å². The third-order valence-corrected chi connectivity index (χ3v) is 4.15. The predicted molar refractivity (Wildman–Crippen MR) is 87.5 cm³/mol. The first-order chi connectivity index (χ1) is 11.1. The number of hydrogen-bond donors (Lipinski definition) is 1. The van der Waals surface area contributed by atoms with E-state index >= 15 is 0 Å². The lowest BCUT2D eigenvalue weighted by Crippen LogP contribution is -2.11. The Morgan fingerprint density at radius 3 is 2.57 bits per heavy atom. The highest BCUT2D eigenvalue weighted by molar-refractivity contribution is 7.13. The summed E-state index contributed by atoms with van der Waals surface area (Å²) in [6.45, 7) is 1.78. The molecule has 2 N–H and O–H groups in total. The summed E-state index contributed by atoms with van der Waals surface area (Å²) in [4.78, 5) is 19.5. The van der Waals surface area contributed by atoms with Crippen LogP contribution in [0.2, 0.25) is 0 Å². The molecule has 0 spiro atoms. The SMILES string of the molecule is Cc1nc(-c2scnc2-c2ccccc2)no1.NC(=O)C1CC1. The van der Waals surface area contributed by atoms with Gasteiger partial charge in [-0.3, -0.25) is 4.79 Å². The quantitative estimate of drug-likeness (QED) is 0.797. The van der Waals surface area contributed by atoms with Crippen LogP contribution < -0.4 is 5.73 Å². The summed E-state index contributed by atoms with van der Waals surface area (Å²) in [5.41, 5.74) is 8.61. The molecule has 1 saturated carbocycles. The lowest BCUT2D eigenvalue weighted by Gasteiger charge is -1.97. The van der Waals surface area contributed by atoms with Gasteiger partial charge in [-0.25, -0.2) is 4.98 Å². The second-order valence-corrected chi connectivity index (χ2v) is 6.06. The molecule has 0 unspecified atom stereocenters. The average Bonchev–Trinajstić information content (AvgIpc) is 3.15. The van der Waals surface area contributed by atoms with Gasteiger partial charge in [0, 0.05) is 18.4 Å². The molecule has 118 valence electrons. The number of benzene rings is 1. The van der Waals surface area contributed by atoms with Gasteiger partial charge in [-0.1, -0.05) is 35.5 Å². The van der Waals surface area contributed by atoms with E-state index in [1.165, 1.54) is 11.3 Å². The lowest BCUT2D eigenvalue weighted by atomic mass is 10.1. The van der Waals surface area contributed by atoms with Crippen molar-refractivity contribution in [3.05, 3.63) is 41.7 Å². The number of primary amides is 1. The third-order valence-electron chi connectivity index (χ3n) is 3.33. The van der Waals surface area contributed by atoms with Crippen molar-refractivity contribution in [2.45, 2.75) is 19.8 Å². The largest absolute Gasteiger partial charge is 0.369 e. The molecule has 1 aliphatic carbocycles. The summed E-state index contributed by atoms with van der Waals surface area (Å²) in [7, 11) is 0. The molecule has 2 heterocycles. The van der Waals surface area contributed by atoms with Gasteiger partial charge in [-0.15, -0.1) is 11.3 Å². The van der Waals surface area contributed by atoms with Gasteiger partial charge in [-0.05, 0) is 12.8 Å². The molecule has 1 amide bonds. The summed E-state index contributed by atoms with van der Waals surface area (Å²) < 4.78 is 5.00. The molecule has 2 aromatic heterocycles. The van der Waals surface area contributed by atoms with Crippen LogP contribution in [0.5, 0.6) is 0 Å². The van der Waals surface area contributed by atoms with Gasteiger partial charge >= 0.3 is 0 Å². The summed E-state index contributed by atoms with van der Waals surface area (Å²) in [6.07, 6.45) is 2.05. The van der Waals surface area contributed by atoms with E-state index in [0.717, 1.165) is 29.0 Å². The average molecular weight is 328 g/mol. The number of rotatable bonds is 3. The molecule has 0 saturated heterocycles. The summed E-state index contributed by atoms with van der Waals surface area (Å²) >= 11 is 1.51. The molecule has 7 heteroatoms. The van der Waals surface area contributed by atoms with E-state index in [2.05, 4.69) is 15.1 Å². The summed E-state index contributed by atoms with van der Waals surface area (Å²) in [5.74, 6) is 1.27. The van der Waals surface area contributed by atoms with Crippen molar-refractivity contribution in [2.75, 3.05) is 0 Å². The number of hydrogen-bond acceptors (Lipinski definition) is 6. The van der Waals surface area contributed by atoms with Crippen molar-refractivity contribution < 1.29 is 9.32 Å². The van der Waals surface area contributed by atoms with Crippen LogP contribution in [0.1, 0.15) is 18.7 Å². The molecule has 0 bridgehead atoms. The number of thiazole rings is 1. The number of carbonyl (C=O) groups excluding carboxylic acids is 1. The van der Waals surface area contributed by atoms with Crippen molar-refractivity contribution in [2.24, 2.45) is 11.7 Å². The molecular weight excluding hydrogens is 312 g/mol. The van der Waals surface area contributed by atoms with E-state index in [-0.39, 0.29) is 11.8 Å². The third kappa shape index (κ3) is 3.81. The fourth-order valence-electron chi connectivity index (χ4n) is 1.97. The van der Waals surface area contributed by atoms with E-state index < -0.39 is 0 Å². The van der Waals surface area contributed by atoms with Crippen LogP contribution in [-0.4, -0.2) is 21.0 Å². The fourth-order valence-corrected chi connectivity index (χ4v) is 2.70. The molecule has 1 aromatic carbocycles. The molecular formula is C16H16N4O2S. The van der Waals surface area contributed by atoms with Crippen LogP contribution in [0.3, 0.4) is 0 Å².